The Morgan fingerprint density at radius 3 is 3.00 bits per heavy atom. The Morgan fingerprint density at radius 2 is 2.32 bits per heavy atom. The van der Waals surface area contributed by atoms with Gasteiger partial charge in [-0.05, 0) is 31.6 Å². The zero-order valence-corrected chi connectivity index (χ0v) is 11.1. The standard InChI is InChI=1S/C14H19N3O2/c1-9(12-7-15-5-6-16-12)17-8-10-3-2-4-11(10)13(17)14(18)19/h5-7,9-11,13H,2-4,8H2,1H3,(H,18,19). The molecule has 0 bridgehead atoms. The minimum atomic E-state index is -0.690. The normalized spacial score (nSPS) is 32.2. The van der Waals surface area contributed by atoms with E-state index in [-0.39, 0.29) is 12.1 Å². The van der Waals surface area contributed by atoms with Crippen molar-refractivity contribution in [3.63, 3.8) is 0 Å². The summed E-state index contributed by atoms with van der Waals surface area (Å²) in [6.07, 6.45) is 8.43. The lowest BCUT2D eigenvalue weighted by molar-refractivity contribution is -0.144. The summed E-state index contributed by atoms with van der Waals surface area (Å²) in [6.45, 7) is 2.90. The summed E-state index contributed by atoms with van der Waals surface area (Å²) in [6, 6.07) is -0.343. The van der Waals surface area contributed by atoms with Crippen LogP contribution in [0.3, 0.4) is 0 Å². The number of carboxylic acids is 1. The molecule has 2 heterocycles. The SMILES string of the molecule is CC(c1cnccn1)N1CC2CCCC2C1C(=O)O. The maximum Gasteiger partial charge on any atom is 0.321 e. The molecule has 0 aromatic carbocycles. The van der Waals surface area contributed by atoms with Gasteiger partial charge in [-0.15, -0.1) is 0 Å². The number of carboxylic acid groups (broad SMARTS) is 1. The van der Waals surface area contributed by atoms with Gasteiger partial charge < -0.3 is 5.11 Å². The molecular formula is C14H19N3O2. The number of carbonyl (C=O) groups is 1. The van der Waals surface area contributed by atoms with Crippen LogP contribution in [0.4, 0.5) is 0 Å². The van der Waals surface area contributed by atoms with Crippen molar-refractivity contribution in [3.8, 4) is 0 Å². The minimum Gasteiger partial charge on any atom is -0.480 e. The number of aromatic nitrogens is 2. The van der Waals surface area contributed by atoms with Crippen LogP contribution < -0.4 is 0 Å². The van der Waals surface area contributed by atoms with Gasteiger partial charge in [0.1, 0.15) is 6.04 Å². The highest BCUT2D eigenvalue weighted by atomic mass is 16.4. The summed E-state index contributed by atoms with van der Waals surface area (Å²) >= 11 is 0. The number of rotatable bonds is 3. The van der Waals surface area contributed by atoms with Crippen LogP contribution >= 0.6 is 0 Å². The molecule has 0 radical (unpaired) electrons. The third-order valence-corrected chi connectivity index (χ3v) is 4.69. The molecule has 102 valence electrons. The molecule has 1 aliphatic heterocycles. The first-order chi connectivity index (χ1) is 9.18. The number of fused-ring (bicyclic) bond motifs is 1. The molecule has 1 N–H and O–H groups in total. The van der Waals surface area contributed by atoms with E-state index in [1.807, 2.05) is 6.92 Å². The summed E-state index contributed by atoms with van der Waals surface area (Å²) in [5.74, 6) is 0.169. The Hall–Kier alpha value is -1.49. The second-order valence-electron chi connectivity index (χ2n) is 5.64. The maximum absolute atomic E-state index is 11.6. The maximum atomic E-state index is 11.6. The smallest absolute Gasteiger partial charge is 0.321 e. The van der Waals surface area contributed by atoms with Gasteiger partial charge in [0.25, 0.3) is 0 Å². The first-order valence-corrected chi connectivity index (χ1v) is 6.93. The fraction of sp³-hybridized carbons (Fsp3) is 0.643. The lowest BCUT2D eigenvalue weighted by Crippen LogP contribution is -2.41. The topological polar surface area (TPSA) is 66.3 Å². The van der Waals surface area contributed by atoms with E-state index in [2.05, 4.69) is 14.9 Å². The highest BCUT2D eigenvalue weighted by Crippen LogP contribution is 2.44. The average molecular weight is 261 g/mol. The van der Waals surface area contributed by atoms with Crippen LogP contribution in [0.1, 0.15) is 37.9 Å². The van der Waals surface area contributed by atoms with Gasteiger partial charge in [-0.2, -0.15) is 0 Å². The molecule has 2 aliphatic rings. The van der Waals surface area contributed by atoms with E-state index in [1.54, 1.807) is 18.6 Å². The Bertz CT molecular complexity index is 465. The summed E-state index contributed by atoms with van der Waals surface area (Å²) < 4.78 is 0. The third-order valence-electron chi connectivity index (χ3n) is 4.69. The van der Waals surface area contributed by atoms with Crippen LogP contribution in [0, 0.1) is 11.8 Å². The lowest BCUT2D eigenvalue weighted by atomic mass is 9.94. The number of hydrogen-bond acceptors (Lipinski definition) is 4. The molecule has 1 aromatic heterocycles. The van der Waals surface area contributed by atoms with Gasteiger partial charge in [-0.1, -0.05) is 6.42 Å². The molecule has 5 nitrogen and oxygen atoms in total. The number of hydrogen-bond donors (Lipinski definition) is 1. The van der Waals surface area contributed by atoms with Crippen LogP contribution in [0.15, 0.2) is 18.6 Å². The molecule has 3 rings (SSSR count). The predicted molar refractivity (Wildman–Crippen MR) is 69.4 cm³/mol. The summed E-state index contributed by atoms with van der Waals surface area (Å²) in [7, 11) is 0. The van der Waals surface area contributed by atoms with E-state index >= 15 is 0 Å². The number of nitrogens with zero attached hydrogens (tertiary/aromatic N) is 3. The van der Waals surface area contributed by atoms with Gasteiger partial charge in [0.2, 0.25) is 0 Å². The zero-order valence-electron chi connectivity index (χ0n) is 11.1. The predicted octanol–water partition coefficient (Wildman–Crippen LogP) is 1.72. The molecule has 2 fully saturated rings. The average Bonchev–Trinajstić information content (AvgIpc) is 2.98. The van der Waals surface area contributed by atoms with E-state index in [0.29, 0.717) is 11.8 Å². The molecule has 0 spiro atoms. The first-order valence-electron chi connectivity index (χ1n) is 6.93. The number of aliphatic carboxylic acids is 1. The van der Waals surface area contributed by atoms with Gasteiger partial charge in [-0.3, -0.25) is 19.7 Å². The monoisotopic (exact) mass is 261 g/mol. The molecule has 1 aliphatic carbocycles. The van der Waals surface area contributed by atoms with Crippen molar-refractivity contribution in [1.82, 2.24) is 14.9 Å². The van der Waals surface area contributed by atoms with Gasteiger partial charge in [0.15, 0.2) is 0 Å². The van der Waals surface area contributed by atoms with Crippen molar-refractivity contribution in [3.05, 3.63) is 24.3 Å². The fourth-order valence-corrected chi connectivity index (χ4v) is 3.76. The van der Waals surface area contributed by atoms with Crippen molar-refractivity contribution in [2.45, 2.75) is 38.3 Å². The molecule has 0 amide bonds. The van der Waals surface area contributed by atoms with Crippen molar-refractivity contribution in [2.24, 2.45) is 11.8 Å². The molecule has 1 saturated carbocycles. The van der Waals surface area contributed by atoms with Gasteiger partial charge in [-0.25, -0.2) is 0 Å². The highest BCUT2D eigenvalue weighted by molar-refractivity contribution is 5.74. The molecule has 19 heavy (non-hydrogen) atoms. The second-order valence-corrected chi connectivity index (χ2v) is 5.64. The molecule has 1 saturated heterocycles. The van der Waals surface area contributed by atoms with Crippen LogP contribution in [-0.2, 0) is 4.79 Å². The number of likely N-dealkylation sites (tertiary alicyclic amines) is 1. The van der Waals surface area contributed by atoms with Crippen LogP contribution in [-0.4, -0.2) is 38.5 Å². The van der Waals surface area contributed by atoms with Gasteiger partial charge in [0, 0.05) is 25.1 Å². The molecule has 1 aromatic rings. The molecule has 4 unspecified atom stereocenters. The van der Waals surface area contributed by atoms with Crippen molar-refractivity contribution in [2.75, 3.05) is 6.54 Å². The van der Waals surface area contributed by atoms with E-state index in [1.165, 1.54) is 6.42 Å². The Morgan fingerprint density at radius 1 is 1.47 bits per heavy atom. The van der Waals surface area contributed by atoms with Crippen LogP contribution in [0.2, 0.25) is 0 Å². The van der Waals surface area contributed by atoms with Crippen molar-refractivity contribution >= 4 is 5.97 Å². The highest BCUT2D eigenvalue weighted by Gasteiger charge is 2.49. The Kier molecular flexibility index (Phi) is 3.22. The van der Waals surface area contributed by atoms with Crippen molar-refractivity contribution < 1.29 is 9.90 Å². The largest absolute Gasteiger partial charge is 0.480 e. The molecule has 4 atom stereocenters. The zero-order chi connectivity index (χ0) is 13.4. The summed E-state index contributed by atoms with van der Waals surface area (Å²) in [4.78, 5) is 22.1. The van der Waals surface area contributed by atoms with Gasteiger partial charge >= 0.3 is 5.97 Å². The van der Waals surface area contributed by atoms with E-state index in [9.17, 15) is 9.90 Å². The fourth-order valence-electron chi connectivity index (χ4n) is 3.76. The van der Waals surface area contributed by atoms with Crippen molar-refractivity contribution in [1.29, 1.82) is 0 Å². The van der Waals surface area contributed by atoms with Crippen LogP contribution in [0.5, 0.6) is 0 Å². The Balaban J connectivity index is 1.85. The summed E-state index contributed by atoms with van der Waals surface area (Å²) in [5.41, 5.74) is 0.855. The first kappa shape index (κ1) is 12.5. The quantitative estimate of drug-likeness (QED) is 0.897. The Labute approximate surface area is 112 Å². The summed E-state index contributed by atoms with van der Waals surface area (Å²) in [5, 5.41) is 9.55. The van der Waals surface area contributed by atoms with E-state index in [4.69, 9.17) is 0 Å². The van der Waals surface area contributed by atoms with Crippen LogP contribution in [0.25, 0.3) is 0 Å². The minimum absolute atomic E-state index is 0.0143. The second kappa shape index (κ2) is 4.89. The lowest BCUT2D eigenvalue weighted by Gasteiger charge is -2.29. The third kappa shape index (κ3) is 2.12. The molecular weight excluding hydrogens is 242 g/mol. The van der Waals surface area contributed by atoms with E-state index < -0.39 is 5.97 Å². The van der Waals surface area contributed by atoms with Gasteiger partial charge in [0.05, 0.1) is 11.7 Å². The van der Waals surface area contributed by atoms with E-state index in [0.717, 1.165) is 25.1 Å². The molecule has 5 heteroatoms.